The molecule has 0 atom stereocenters. The first-order valence-corrected chi connectivity index (χ1v) is 11.4. The first-order chi connectivity index (χ1) is 15.9. The predicted octanol–water partition coefficient (Wildman–Crippen LogP) is 1.70. The van der Waals surface area contributed by atoms with E-state index >= 15 is 0 Å². The van der Waals surface area contributed by atoms with Gasteiger partial charge in [0.1, 0.15) is 17.5 Å². The van der Waals surface area contributed by atoms with Crippen LogP contribution in [0.3, 0.4) is 0 Å². The number of fused-ring (bicyclic) bond motifs is 3. The molecule has 1 aromatic carbocycles. The highest BCUT2D eigenvalue weighted by Gasteiger charge is 2.54. The van der Waals surface area contributed by atoms with Gasteiger partial charge in [-0.15, -0.1) is 0 Å². The van der Waals surface area contributed by atoms with Crippen LogP contribution in [-0.2, 0) is 16.6 Å². The van der Waals surface area contributed by atoms with Crippen molar-refractivity contribution in [1.82, 2.24) is 9.97 Å². The van der Waals surface area contributed by atoms with E-state index in [1.54, 1.807) is 0 Å². The summed E-state index contributed by atoms with van der Waals surface area (Å²) in [6.45, 7) is 4.07. The van der Waals surface area contributed by atoms with Crippen LogP contribution in [0.15, 0.2) is 16.9 Å². The van der Waals surface area contributed by atoms with Crippen LogP contribution in [0.2, 0.25) is 0 Å². The van der Waals surface area contributed by atoms with Gasteiger partial charge in [-0.25, -0.2) is 8.78 Å². The lowest BCUT2D eigenvalue weighted by atomic mass is 9.73. The van der Waals surface area contributed by atoms with Gasteiger partial charge in [-0.1, -0.05) is 0 Å². The Balaban J connectivity index is 1.47. The standard InChI is InChI=1S/C23H27F2N5O3/c1-2-28-7-3-4-15-19(28)26-22(27-20(15)32)29-8-5-23(6-9-29)18-16(25)12-14(24)13-17(18)30(10-11-31)21(23)33/h12-13,31H,2-11H2,1H3,(H,26,27,32). The summed E-state index contributed by atoms with van der Waals surface area (Å²) in [7, 11) is 0. The molecule has 0 bridgehead atoms. The molecule has 4 heterocycles. The van der Waals surface area contributed by atoms with E-state index in [9.17, 15) is 23.5 Å². The number of hydrogen-bond donors (Lipinski definition) is 2. The zero-order valence-electron chi connectivity index (χ0n) is 18.5. The number of aliphatic hydroxyl groups is 1. The van der Waals surface area contributed by atoms with E-state index in [1.807, 2.05) is 11.8 Å². The molecule has 1 fully saturated rings. The Labute approximate surface area is 189 Å². The maximum absolute atomic E-state index is 15.0. The molecule has 1 saturated heterocycles. The maximum atomic E-state index is 15.0. The Morgan fingerprint density at radius 1 is 1.18 bits per heavy atom. The van der Waals surface area contributed by atoms with Crippen molar-refractivity contribution < 1.29 is 18.7 Å². The van der Waals surface area contributed by atoms with Gasteiger partial charge in [0, 0.05) is 44.4 Å². The second kappa shape index (κ2) is 8.09. The van der Waals surface area contributed by atoms with E-state index in [0.717, 1.165) is 31.6 Å². The molecular weight excluding hydrogens is 432 g/mol. The number of carbonyl (C=O) groups is 1. The van der Waals surface area contributed by atoms with E-state index in [4.69, 9.17) is 4.98 Å². The SMILES string of the molecule is CCN1CCCc2c1nc(N1CCC3(CC1)C(=O)N(CCO)c1cc(F)cc(F)c13)[nH]c2=O. The summed E-state index contributed by atoms with van der Waals surface area (Å²) in [5, 5.41) is 9.42. The molecule has 3 aliphatic rings. The molecule has 1 amide bonds. The minimum Gasteiger partial charge on any atom is -0.395 e. The average molecular weight is 459 g/mol. The third-order valence-electron chi connectivity index (χ3n) is 7.22. The number of aromatic amines is 1. The van der Waals surface area contributed by atoms with Gasteiger partial charge >= 0.3 is 0 Å². The van der Waals surface area contributed by atoms with E-state index in [2.05, 4.69) is 9.88 Å². The van der Waals surface area contributed by atoms with E-state index in [-0.39, 0.29) is 35.9 Å². The van der Waals surface area contributed by atoms with Crippen molar-refractivity contribution in [2.24, 2.45) is 0 Å². The Morgan fingerprint density at radius 3 is 2.64 bits per heavy atom. The topological polar surface area (TPSA) is 92.8 Å². The van der Waals surface area contributed by atoms with Crippen LogP contribution in [0.5, 0.6) is 0 Å². The molecule has 0 aliphatic carbocycles. The number of nitrogens with one attached hydrogen (secondary N) is 1. The smallest absolute Gasteiger partial charge is 0.257 e. The molecule has 3 aliphatic heterocycles. The fourth-order valence-corrected chi connectivity index (χ4v) is 5.58. The van der Waals surface area contributed by atoms with Gasteiger partial charge in [0.05, 0.1) is 23.3 Å². The Kier molecular flexibility index (Phi) is 5.35. The van der Waals surface area contributed by atoms with Gasteiger partial charge in [-0.3, -0.25) is 14.6 Å². The van der Waals surface area contributed by atoms with Gasteiger partial charge in [0.25, 0.3) is 5.56 Å². The van der Waals surface area contributed by atoms with Crippen molar-refractivity contribution in [3.63, 3.8) is 0 Å². The van der Waals surface area contributed by atoms with Crippen LogP contribution in [0.25, 0.3) is 0 Å². The van der Waals surface area contributed by atoms with Crippen LogP contribution in [0, 0.1) is 11.6 Å². The molecule has 176 valence electrons. The largest absolute Gasteiger partial charge is 0.395 e. The number of hydrogen-bond acceptors (Lipinski definition) is 6. The number of halogens is 2. The van der Waals surface area contributed by atoms with Crippen molar-refractivity contribution in [2.45, 2.75) is 38.0 Å². The number of benzene rings is 1. The third kappa shape index (κ3) is 3.30. The van der Waals surface area contributed by atoms with Crippen LogP contribution in [0.4, 0.5) is 26.2 Å². The highest BCUT2D eigenvalue weighted by atomic mass is 19.1. The molecule has 1 spiro atoms. The minimum atomic E-state index is -1.12. The highest BCUT2D eigenvalue weighted by molar-refractivity contribution is 6.08. The number of anilines is 3. The number of nitrogens with zero attached hydrogens (tertiary/aromatic N) is 4. The summed E-state index contributed by atoms with van der Waals surface area (Å²) in [6.07, 6.45) is 2.19. The Morgan fingerprint density at radius 2 is 1.94 bits per heavy atom. The summed E-state index contributed by atoms with van der Waals surface area (Å²) < 4.78 is 28.9. The highest BCUT2D eigenvalue weighted by Crippen LogP contribution is 2.49. The lowest BCUT2D eigenvalue weighted by Crippen LogP contribution is -2.50. The quantitative estimate of drug-likeness (QED) is 0.723. The summed E-state index contributed by atoms with van der Waals surface area (Å²) in [4.78, 5) is 39.0. The van der Waals surface area contributed by atoms with Crippen molar-refractivity contribution in [2.75, 3.05) is 54.0 Å². The molecule has 0 radical (unpaired) electrons. The number of piperidine rings is 1. The molecule has 0 saturated carbocycles. The summed E-state index contributed by atoms with van der Waals surface area (Å²) in [5.74, 6) is -0.661. The molecular formula is C23H27F2N5O3. The lowest BCUT2D eigenvalue weighted by molar-refractivity contribution is -0.124. The summed E-state index contributed by atoms with van der Waals surface area (Å²) >= 11 is 0. The number of aromatic nitrogens is 2. The Bertz CT molecular complexity index is 1160. The number of β-amino-alcohol motifs (C(OH)–C–C–N with tert-alkyl or cyclic N) is 1. The molecule has 1 aromatic heterocycles. The van der Waals surface area contributed by atoms with Gasteiger partial charge < -0.3 is 19.8 Å². The van der Waals surface area contributed by atoms with E-state index < -0.39 is 17.0 Å². The average Bonchev–Trinajstić information content (AvgIpc) is 3.02. The van der Waals surface area contributed by atoms with E-state index in [1.165, 1.54) is 4.90 Å². The third-order valence-corrected chi connectivity index (χ3v) is 7.22. The van der Waals surface area contributed by atoms with Gasteiger partial charge in [-0.05, 0) is 38.7 Å². The van der Waals surface area contributed by atoms with Crippen LogP contribution >= 0.6 is 0 Å². The number of carbonyl (C=O) groups excluding carboxylic acids is 1. The summed E-state index contributed by atoms with van der Waals surface area (Å²) in [5.41, 5.74) is -0.178. The Hall–Kier alpha value is -3.01. The van der Waals surface area contributed by atoms with Crippen LogP contribution in [0.1, 0.15) is 37.3 Å². The van der Waals surface area contributed by atoms with Crippen molar-refractivity contribution in [1.29, 1.82) is 0 Å². The molecule has 0 unspecified atom stereocenters. The van der Waals surface area contributed by atoms with Crippen LogP contribution < -0.4 is 20.3 Å². The van der Waals surface area contributed by atoms with Gasteiger partial charge in [-0.2, -0.15) is 4.98 Å². The van der Waals surface area contributed by atoms with Gasteiger partial charge in [0.15, 0.2) is 0 Å². The first-order valence-electron chi connectivity index (χ1n) is 11.4. The zero-order chi connectivity index (χ0) is 23.3. The number of H-pyrrole nitrogens is 1. The molecule has 8 nitrogen and oxygen atoms in total. The monoisotopic (exact) mass is 459 g/mol. The second-order valence-corrected chi connectivity index (χ2v) is 8.91. The van der Waals surface area contributed by atoms with Crippen molar-refractivity contribution in [3.05, 3.63) is 45.2 Å². The molecule has 10 heteroatoms. The zero-order valence-corrected chi connectivity index (χ0v) is 18.5. The number of rotatable bonds is 4. The normalized spacial score (nSPS) is 19.3. The number of amides is 1. The fraction of sp³-hybridized carbons (Fsp3) is 0.522. The summed E-state index contributed by atoms with van der Waals surface area (Å²) in [6, 6.07) is 1.97. The van der Waals surface area contributed by atoms with Crippen molar-refractivity contribution >= 4 is 23.4 Å². The fourth-order valence-electron chi connectivity index (χ4n) is 5.58. The minimum absolute atomic E-state index is 0.0211. The van der Waals surface area contributed by atoms with Crippen molar-refractivity contribution in [3.8, 4) is 0 Å². The van der Waals surface area contributed by atoms with E-state index in [0.29, 0.717) is 49.7 Å². The molecule has 5 rings (SSSR count). The molecule has 2 N–H and O–H groups in total. The lowest BCUT2D eigenvalue weighted by Gasteiger charge is -2.39. The van der Waals surface area contributed by atoms with Gasteiger partial charge in [0.2, 0.25) is 11.9 Å². The second-order valence-electron chi connectivity index (χ2n) is 8.91. The van der Waals surface area contributed by atoms with Crippen LogP contribution in [-0.4, -0.2) is 60.3 Å². The maximum Gasteiger partial charge on any atom is 0.257 e. The first kappa shape index (κ1) is 21.8. The number of aliphatic hydroxyl groups excluding tert-OH is 1. The molecule has 2 aromatic rings. The predicted molar refractivity (Wildman–Crippen MR) is 120 cm³/mol. The molecule has 33 heavy (non-hydrogen) atoms.